The first kappa shape index (κ1) is 16.1. The van der Waals surface area contributed by atoms with Crippen molar-refractivity contribution in [2.75, 3.05) is 19.6 Å². The van der Waals surface area contributed by atoms with Gasteiger partial charge in [-0.3, -0.25) is 9.69 Å². The van der Waals surface area contributed by atoms with Gasteiger partial charge in [0.05, 0.1) is 6.04 Å². The number of nitrogens with zero attached hydrogens (tertiary/aromatic N) is 1. The van der Waals surface area contributed by atoms with Gasteiger partial charge in [-0.05, 0) is 49.5 Å². The predicted molar refractivity (Wildman–Crippen MR) is 86.6 cm³/mol. The van der Waals surface area contributed by atoms with Crippen LogP contribution in [0.15, 0.2) is 35.7 Å². The minimum atomic E-state index is -0.746. The first-order valence-corrected chi connectivity index (χ1v) is 8.53. The van der Waals surface area contributed by atoms with Crippen LogP contribution in [0.25, 0.3) is 0 Å². The summed E-state index contributed by atoms with van der Waals surface area (Å²) in [6, 6.07) is 7.02. The van der Waals surface area contributed by atoms with Gasteiger partial charge >= 0.3 is 0 Å². The molecule has 1 atom stereocenters. The Hall–Kier alpha value is -1.79. The standard InChI is InChI=1S/C17H18F2N2OS/c18-13-8-12(9-14(19)10-13)17(22)20-11-15(16-4-3-7-23-16)21-5-1-2-6-21/h3-4,7-10,15H,1-2,5-6,11H2,(H,20,22)/t15-/m1/s1. The molecule has 0 spiro atoms. The van der Waals surface area contributed by atoms with Crippen LogP contribution in [0.3, 0.4) is 0 Å². The van der Waals surface area contributed by atoms with Crippen molar-refractivity contribution >= 4 is 17.2 Å². The summed E-state index contributed by atoms with van der Waals surface area (Å²) in [6.07, 6.45) is 2.32. The first-order valence-electron chi connectivity index (χ1n) is 7.65. The summed E-state index contributed by atoms with van der Waals surface area (Å²) in [5.74, 6) is -1.95. The average Bonchev–Trinajstić information content (AvgIpc) is 3.20. The molecule has 23 heavy (non-hydrogen) atoms. The van der Waals surface area contributed by atoms with Crippen molar-refractivity contribution in [3.63, 3.8) is 0 Å². The summed E-state index contributed by atoms with van der Waals surface area (Å²) in [6.45, 7) is 2.44. The van der Waals surface area contributed by atoms with Crippen molar-refractivity contribution in [1.82, 2.24) is 10.2 Å². The monoisotopic (exact) mass is 336 g/mol. The zero-order valence-electron chi connectivity index (χ0n) is 12.6. The molecule has 2 aromatic rings. The first-order chi connectivity index (χ1) is 11.1. The van der Waals surface area contributed by atoms with Gasteiger partial charge in [0.15, 0.2) is 0 Å². The van der Waals surface area contributed by atoms with Crippen LogP contribution in [0.2, 0.25) is 0 Å². The molecule has 0 saturated carbocycles. The number of benzene rings is 1. The van der Waals surface area contributed by atoms with E-state index in [1.807, 2.05) is 11.4 Å². The summed E-state index contributed by atoms with van der Waals surface area (Å²) in [5.41, 5.74) is 0.00820. The Morgan fingerprint density at radius 3 is 2.52 bits per heavy atom. The van der Waals surface area contributed by atoms with E-state index in [1.165, 1.54) is 4.88 Å². The smallest absolute Gasteiger partial charge is 0.251 e. The number of halogens is 2. The molecular formula is C17H18F2N2OS. The quantitative estimate of drug-likeness (QED) is 0.905. The van der Waals surface area contributed by atoms with Crippen molar-refractivity contribution in [3.8, 4) is 0 Å². The molecule has 1 N–H and O–H groups in total. The minimum absolute atomic E-state index is 0.00820. The van der Waals surface area contributed by atoms with Crippen LogP contribution in [0.5, 0.6) is 0 Å². The number of carbonyl (C=O) groups excluding carboxylic acids is 1. The third kappa shape index (κ3) is 3.95. The number of likely N-dealkylation sites (tertiary alicyclic amines) is 1. The fraction of sp³-hybridized carbons (Fsp3) is 0.353. The van der Waals surface area contributed by atoms with Gasteiger partial charge in [0.1, 0.15) is 11.6 Å². The van der Waals surface area contributed by atoms with Gasteiger partial charge < -0.3 is 5.32 Å². The highest BCUT2D eigenvalue weighted by atomic mass is 32.1. The Morgan fingerprint density at radius 2 is 1.91 bits per heavy atom. The zero-order chi connectivity index (χ0) is 16.2. The Bertz CT molecular complexity index is 649. The highest BCUT2D eigenvalue weighted by Crippen LogP contribution is 2.27. The third-order valence-corrected chi connectivity index (χ3v) is 5.01. The van der Waals surface area contributed by atoms with Crippen LogP contribution in [0, 0.1) is 11.6 Å². The third-order valence-electron chi connectivity index (χ3n) is 4.03. The summed E-state index contributed by atoms with van der Waals surface area (Å²) >= 11 is 1.66. The number of hydrogen-bond donors (Lipinski definition) is 1. The maximum Gasteiger partial charge on any atom is 0.251 e. The van der Waals surface area contributed by atoms with E-state index in [0.29, 0.717) is 6.54 Å². The maximum absolute atomic E-state index is 13.2. The highest BCUT2D eigenvalue weighted by Gasteiger charge is 2.24. The summed E-state index contributed by atoms with van der Waals surface area (Å²) < 4.78 is 26.5. The van der Waals surface area contributed by atoms with Crippen molar-refractivity contribution in [3.05, 3.63) is 57.8 Å². The molecule has 0 radical (unpaired) electrons. The van der Waals surface area contributed by atoms with Crippen LogP contribution < -0.4 is 5.32 Å². The lowest BCUT2D eigenvalue weighted by Gasteiger charge is -2.26. The minimum Gasteiger partial charge on any atom is -0.350 e. The van der Waals surface area contributed by atoms with E-state index in [-0.39, 0.29) is 11.6 Å². The Balaban J connectivity index is 1.69. The van der Waals surface area contributed by atoms with Crippen LogP contribution >= 0.6 is 11.3 Å². The Labute approximate surface area is 137 Å². The van der Waals surface area contributed by atoms with Crippen LogP contribution in [0.1, 0.15) is 34.1 Å². The number of thiophene rings is 1. The normalized spacial score (nSPS) is 16.4. The van der Waals surface area contributed by atoms with Gasteiger partial charge in [0.2, 0.25) is 0 Å². The molecule has 3 rings (SSSR count). The molecule has 1 aliphatic heterocycles. The largest absolute Gasteiger partial charge is 0.350 e. The molecule has 1 aliphatic rings. The molecular weight excluding hydrogens is 318 g/mol. The number of amides is 1. The second-order valence-corrected chi connectivity index (χ2v) is 6.62. The Morgan fingerprint density at radius 1 is 1.22 bits per heavy atom. The molecule has 1 fully saturated rings. The number of rotatable bonds is 5. The SMILES string of the molecule is O=C(NC[C@H](c1cccs1)N1CCCC1)c1cc(F)cc(F)c1. The van der Waals surface area contributed by atoms with Gasteiger partial charge in [-0.15, -0.1) is 11.3 Å². The van der Waals surface area contributed by atoms with Crippen molar-refractivity contribution in [2.24, 2.45) is 0 Å². The molecule has 1 aromatic carbocycles. The lowest BCUT2D eigenvalue weighted by molar-refractivity contribution is 0.0937. The van der Waals surface area contributed by atoms with Gasteiger partial charge in [-0.25, -0.2) is 8.78 Å². The van der Waals surface area contributed by atoms with E-state index >= 15 is 0 Å². The van der Waals surface area contributed by atoms with E-state index in [2.05, 4.69) is 16.3 Å². The average molecular weight is 336 g/mol. The Kier molecular flexibility index (Phi) is 5.03. The molecule has 0 unspecified atom stereocenters. The van der Waals surface area contributed by atoms with E-state index in [1.54, 1.807) is 11.3 Å². The molecule has 1 aromatic heterocycles. The van der Waals surface area contributed by atoms with Crippen LogP contribution in [-0.2, 0) is 0 Å². The van der Waals surface area contributed by atoms with E-state index < -0.39 is 17.5 Å². The molecule has 122 valence electrons. The number of hydrogen-bond acceptors (Lipinski definition) is 3. The van der Waals surface area contributed by atoms with Gasteiger partial charge in [0.25, 0.3) is 5.91 Å². The van der Waals surface area contributed by atoms with E-state index in [9.17, 15) is 13.6 Å². The zero-order valence-corrected chi connectivity index (χ0v) is 13.4. The molecule has 0 bridgehead atoms. The fourth-order valence-electron chi connectivity index (χ4n) is 2.92. The molecule has 2 heterocycles. The predicted octanol–water partition coefficient (Wildman–Crippen LogP) is 3.59. The van der Waals surface area contributed by atoms with Gasteiger partial charge in [-0.1, -0.05) is 6.07 Å². The topological polar surface area (TPSA) is 32.3 Å². The van der Waals surface area contributed by atoms with Crippen molar-refractivity contribution in [1.29, 1.82) is 0 Å². The lowest BCUT2D eigenvalue weighted by Crippen LogP contribution is -2.36. The second kappa shape index (κ2) is 7.19. The second-order valence-electron chi connectivity index (χ2n) is 5.64. The fourth-order valence-corrected chi connectivity index (χ4v) is 3.78. The van der Waals surface area contributed by atoms with Gasteiger partial charge in [0, 0.05) is 23.1 Å². The highest BCUT2D eigenvalue weighted by molar-refractivity contribution is 7.10. The van der Waals surface area contributed by atoms with E-state index in [0.717, 1.165) is 44.1 Å². The maximum atomic E-state index is 13.2. The van der Waals surface area contributed by atoms with Gasteiger partial charge in [-0.2, -0.15) is 0 Å². The van der Waals surface area contributed by atoms with E-state index in [4.69, 9.17) is 0 Å². The molecule has 1 saturated heterocycles. The number of nitrogens with one attached hydrogen (secondary N) is 1. The summed E-state index contributed by atoms with van der Waals surface area (Å²) in [7, 11) is 0. The molecule has 6 heteroatoms. The van der Waals surface area contributed by atoms with Crippen molar-refractivity contribution in [2.45, 2.75) is 18.9 Å². The molecule has 1 amide bonds. The number of carbonyl (C=O) groups is 1. The van der Waals surface area contributed by atoms with Crippen LogP contribution in [0.4, 0.5) is 8.78 Å². The summed E-state index contributed by atoms with van der Waals surface area (Å²) in [4.78, 5) is 15.7. The lowest BCUT2D eigenvalue weighted by atomic mass is 10.1. The van der Waals surface area contributed by atoms with Crippen molar-refractivity contribution < 1.29 is 13.6 Å². The van der Waals surface area contributed by atoms with Crippen LogP contribution in [-0.4, -0.2) is 30.4 Å². The molecule has 0 aliphatic carbocycles. The summed E-state index contributed by atoms with van der Waals surface area (Å²) in [5, 5.41) is 4.83. The molecule has 3 nitrogen and oxygen atoms in total.